The smallest absolute Gasteiger partial charge is 0.257 e. The zero-order chi connectivity index (χ0) is 20.1. The van der Waals surface area contributed by atoms with Gasteiger partial charge in [0.2, 0.25) is 0 Å². The van der Waals surface area contributed by atoms with E-state index >= 15 is 0 Å². The van der Waals surface area contributed by atoms with Crippen molar-refractivity contribution in [2.24, 2.45) is 0 Å². The van der Waals surface area contributed by atoms with Gasteiger partial charge in [0.05, 0.1) is 21.8 Å². The Morgan fingerprint density at radius 2 is 1.64 bits per heavy atom. The van der Waals surface area contributed by atoms with Crippen molar-refractivity contribution >= 4 is 29.1 Å². The van der Waals surface area contributed by atoms with Gasteiger partial charge in [0.1, 0.15) is 0 Å². The summed E-state index contributed by atoms with van der Waals surface area (Å²) in [6.07, 6.45) is 6.15. The van der Waals surface area contributed by atoms with Crippen molar-refractivity contribution < 1.29 is 9.59 Å². The van der Waals surface area contributed by atoms with Gasteiger partial charge in [0.25, 0.3) is 11.8 Å². The average molecular weight is 395 g/mol. The van der Waals surface area contributed by atoms with Crippen LogP contribution in [0.3, 0.4) is 0 Å². The van der Waals surface area contributed by atoms with Gasteiger partial charge in [0, 0.05) is 31.3 Å². The predicted octanol–water partition coefficient (Wildman–Crippen LogP) is 3.93. The van der Waals surface area contributed by atoms with Crippen LogP contribution in [0.1, 0.15) is 37.4 Å². The SMILES string of the molecule is Cc1cc(C)c(NC(=O)c2cncc(C(=O)NCc3ccncc3)c2)c(Cl)c1. The molecule has 0 spiro atoms. The van der Waals surface area contributed by atoms with Crippen LogP contribution in [0, 0.1) is 13.8 Å². The van der Waals surface area contributed by atoms with Crippen LogP contribution in [-0.2, 0) is 6.54 Å². The number of hydrogen-bond donors (Lipinski definition) is 2. The minimum Gasteiger partial charge on any atom is -0.348 e. The maximum absolute atomic E-state index is 12.6. The van der Waals surface area contributed by atoms with E-state index in [1.54, 1.807) is 18.5 Å². The second-order valence-electron chi connectivity index (χ2n) is 6.39. The highest BCUT2D eigenvalue weighted by Gasteiger charge is 2.14. The molecule has 3 aromatic rings. The number of aryl methyl sites for hydroxylation is 2. The molecule has 0 aliphatic rings. The summed E-state index contributed by atoms with van der Waals surface area (Å²) < 4.78 is 0. The van der Waals surface area contributed by atoms with Crippen molar-refractivity contribution in [3.05, 3.63) is 88.0 Å². The molecule has 0 aliphatic carbocycles. The molecule has 6 nitrogen and oxygen atoms in total. The zero-order valence-electron chi connectivity index (χ0n) is 15.5. The molecule has 0 atom stereocenters. The lowest BCUT2D eigenvalue weighted by molar-refractivity contribution is 0.0950. The lowest BCUT2D eigenvalue weighted by atomic mass is 10.1. The minimum atomic E-state index is -0.384. The maximum Gasteiger partial charge on any atom is 0.257 e. The van der Waals surface area contributed by atoms with Gasteiger partial charge in [-0.1, -0.05) is 17.7 Å². The fraction of sp³-hybridized carbons (Fsp3) is 0.143. The molecule has 2 heterocycles. The number of carbonyl (C=O) groups excluding carboxylic acids is 2. The largest absolute Gasteiger partial charge is 0.348 e. The maximum atomic E-state index is 12.6. The van der Waals surface area contributed by atoms with Crippen molar-refractivity contribution in [3.8, 4) is 0 Å². The van der Waals surface area contributed by atoms with Crippen molar-refractivity contribution in [3.63, 3.8) is 0 Å². The topological polar surface area (TPSA) is 84.0 Å². The number of anilines is 1. The number of carbonyl (C=O) groups is 2. The van der Waals surface area contributed by atoms with E-state index in [-0.39, 0.29) is 17.4 Å². The number of benzene rings is 1. The second kappa shape index (κ2) is 8.63. The number of rotatable bonds is 5. The molecule has 2 aromatic heterocycles. The lowest BCUT2D eigenvalue weighted by Gasteiger charge is -2.12. The summed E-state index contributed by atoms with van der Waals surface area (Å²) >= 11 is 6.25. The van der Waals surface area contributed by atoms with Crippen LogP contribution in [-0.4, -0.2) is 21.8 Å². The molecule has 0 saturated carbocycles. The molecule has 3 rings (SSSR count). The van der Waals surface area contributed by atoms with Crippen LogP contribution < -0.4 is 10.6 Å². The molecule has 1 aromatic carbocycles. The Labute approximate surface area is 168 Å². The monoisotopic (exact) mass is 394 g/mol. The predicted molar refractivity (Wildman–Crippen MR) is 109 cm³/mol. The minimum absolute atomic E-state index is 0.271. The van der Waals surface area contributed by atoms with Gasteiger partial charge >= 0.3 is 0 Å². The van der Waals surface area contributed by atoms with Crippen LogP contribution in [0.4, 0.5) is 5.69 Å². The van der Waals surface area contributed by atoms with Crippen molar-refractivity contribution in [1.29, 1.82) is 0 Å². The fourth-order valence-corrected chi connectivity index (χ4v) is 3.10. The summed E-state index contributed by atoms with van der Waals surface area (Å²) in [5.74, 6) is -0.700. The number of nitrogens with one attached hydrogen (secondary N) is 2. The molecule has 0 bridgehead atoms. The van der Waals surface area contributed by atoms with Crippen LogP contribution in [0.5, 0.6) is 0 Å². The molecule has 2 N–H and O–H groups in total. The van der Waals surface area contributed by atoms with E-state index in [0.717, 1.165) is 16.7 Å². The highest BCUT2D eigenvalue weighted by atomic mass is 35.5. The highest BCUT2D eigenvalue weighted by Crippen LogP contribution is 2.27. The van der Waals surface area contributed by atoms with E-state index in [9.17, 15) is 9.59 Å². The quantitative estimate of drug-likeness (QED) is 0.686. The summed E-state index contributed by atoms with van der Waals surface area (Å²) in [6.45, 7) is 4.16. The van der Waals surface area contributed by atoms with E-state index in [2.05, 4.69) is 20.6 Å². The van der Waals surface area contributed by atoms with E-state index in [1.807, 2.05) is 32.0 Å². The van der Waals surface area contributed by atoms with Gasteiger partial charge in [-0.15, -0.1) is 0 Å². The standard InChI is InChI=1S/C21H19ClN4O2/c1-13-7-14(2)19(18(22)8-13)26-21(28)17-9-16(11-24-12-17)20(27)25-10-15-3-5-23-6-4-15/h3-9,11-12H,10H2,1-2H3,(H,25,27)(H,26,28). The molecule has 7 heteroatoms. The third kappa shape index (κ3) is 4.72. The Bertz CT molecular complexity index is 999. The summed E-state index contributed by atoms with van der Waals surface area (Å²) in [5.41, 5.74) is 3.91. The van der Waals surface area contributed by atoms with Gasteiger partial charge < -0.3 is 10.6 Å². The molecule has 0 aliphatic heterocycles. The first-order chi connectivity index (χ1) is 13.4. The number of pyridine rings is 2. The zero-order valence-corrected chi connectivity index (χ0v) is 16.2. The third-order valence-electron chi connectivity index (χ3n) is 4.14. The molecule has 142 valence electrons. The first kappa shape index (κ1) is 19.5. The highest BCUT2D eigenvalue weighted by molar-refractivity contribution is 6.34. The normalized spacial score (nSPS) is 10.4. The van der Waals surface area contributed by atoms with Gasteiger partial charge in [-0.2, -0.15) is 0 Å². The molecular formula is C21H19ClN4O2. The van der Waals surface area contributed by atoms with Crippen LogP contribution in [0.25, 0.3) is 0 Å². The molecule has 28 heavy (non-hydrogen) atoms. The lowest BCUT2D eigenvalue weighted by Crippen LogP contribution is -2.23. The molecule has 0 saturated heterocycles. The van der Waals surface area contributed by atoms with Crippen molar-refractivity contribution in [2.75, 3.05) is 5.32 Å². The average Bonchev–Trinajstić information content (AvgIpc) is 2.69. The Morgan fingerprint density at radius 3 is 2.32 bits per heavy atom. The molecule has 0 unspecified atom stereocenters. The molecule has 0 fully saturated rings. The third-order valence-corrected chi connectivity index (χ3v) is 4.43. The summed E-state index contributed by atoms with van der Waals surface area (Å²) in [5, 5.41) is 6.06. The van der Waals surface area contributed by atoms with Gasteiger partial charge in [-0.3, -0.25) is 19.6 Å². The van der Waals surface area contributed by atoms with Crippen LogP contribution in [0.2, 0.25) is 5.02 Å². The number of hydrogen-bond acceptors (Lipinski definition) is 4. The van der Waals surface area contributed by atoms with Gasteiger partial charge in [-0.05, 0) is 54.8 Å². The summed E-state index contributed by atoms with van der Waals surface area (Å²) in [4.78, 5) is 32.9. The molecular weight excluding hydrogens is 376 g/mol. The Hall–Kier alpha value is -3.25. The number of amides is 2. The van der Waals surface area contributed by atoms with Crippen LogP contribution >= 0.6 is 11.6 Å². The number of aromatic nitrogens is 2. The first-order valence-electron chi connectivity index (χ1n) is 8.64. The Kier molecular flexibility index (Phi) is 6.01. The van der Waals surface area contributed by atoms with E-state index < -0.39 is 0 Å². The van der Waals surface area contributed by atoms with E-state index in [4.69, 9.17) is 11.6 Å². The van der Waals surface area contributed by atoms with Crippen LogP contribution in [0.15, 0.2) is 55.1 Å². The fourth-order valence-electron chi connectivity index (χ4n) is 2.73. The first-order valence-corrected chi connectivity index (χ1v) is 9.02. The number of halogens is 1. The summed E-state index contributed by atoms with van der Waals surface area (Å²) in [7, 11) is 0. The van der Waals surface area contributed by atoms with Gasteiger partial charge in [-0.25, -0.2) is 0 Å². The molecule has 2 amide bonds. The number of nitrogens with zero attached hydrogens (tertiary/aromatic N) is 2. The van der Waals surface area contributed by atoms with Crippen molar-refractivity contribution in [1.82, 2.24) is 15.3 Å². The Morgan fingerprint density at radius 1 is 0.964 bits per heavy atom. The van der Waals surface area contributed by atoms with E-state index in [1.165, 1.54) is 18.5 Å². The van der Waals surface area contributed by atoms with Gasteiger partial charge in [0.15, 0.2) is 0 Å². The molecule has 0 radical (unpaired) electrons. The van der Waals surface area contributed by atoms with E-state index in [0.29, 0.717) is 22.8 Å². The van der Waals surface area contributed by atoms with Crippen molar-refractivity contribution in [2.45, 2.75) is 20.4 Å². The summed E-state index contributed by atoms with van der Waals surface area (Å²) in [6, 6.07) is 8.85. The second-order valence-corrected chi connectivity index (χ2v) is 6.80. The Balaban J connectivity index is 1.72.